The van der Waals surface area contributed by atoms with E-state index in [0.717, 1.165) is 18.9 Å². The number of nitrogens with zero attached hydrogens (tertiary/aromatic N) is 2. The number of hydrogen-bond donors (Lipinski definition) is 2. The lowest BCUT2D eigenvalue weighted by Gasteiger charge is -2.31. The molecular formula is C18H25N3O6. The molecule has 1 fully saturated rings. The van der Waals surface area contributed by atoms with Gasteiger partial charge in [-0.15, -0.1) is 0 Å². The van der Waals surface area contributed by atoms with E-state index in [1.807, 2.05) is 0 Å². The number of benzene rings is 1. The molecule has 9 nitrogen and oxygen atoms in total. The molecule has 9 heteroatoms. The maximum atomic E-state index is 12.5. The monoisotopic (exact) mass is 379 g/mol. The standard InChI is InChI=1S/C18H25N3O6/c1-12-5-8-20(9-6-12)17(23)13(2)27-18(24)15-11-14(21(25)26)3-4-16(15)19-7-10-22/h3-4,11-13,19,22H,5-10H2,1-2H3/t13-/m0/s1. The van der Waals surface area contributed by atoms with E-state index in [1.165, 1.54) is 19.1 Å². The van der Waals surface area contributed by atoms with Gasteiger partial charge in [0.05, 0.1) is 17.1 Å². The molecule has 0 saturated carbocycles. The third-order valence-corrected chi connectivity index (χ3v) is 4.59. The van der Waals surface area contributed by atoms with Gasteiger partial charge in [-0.3, -0.25) is 14.9 Å². The van der Waals surface area contributed by atoms with Gasteiger partial charge in [0.15, 0.2) is 6.10 Å². The van der Waals surface area contributed by atoms with Crippen LogP contribution in [0.5, 0.6) is 0 Å². The third-order valence-electron chi connectivity index (χ3n) is 4.59. The number of aliphatic hydroxyl groups excluding tert-OH is 1. The topological polar surface area (TPSA) is 122 Å². The summed E-state index contributed by atoms with van der Waals surface area (Å²) in [7, 11) is 0. The first kappa shape index (κ1) is 20.6. The van der Waals surface area contributed by atoms with Gasteiger partial charge in [-0.1, -0.05) is 6.92 Å². The molecule has 1 aromatic carbocycles. The Labute approximate surface area is 157 Å². The van der Waals surface area contributed by atoms with Crippen LogP contribution in [0.25, 0.3) is 0 Å². The zero-order valence-electron chi connectivity index (χ0n) is 15.5. The molecule has 1 aromatic rings. The summed E-state index contributed by atoms with van der Waals surface area (Å²) in [5, 5.41) is 22.8. The number of amides is 1. The number of likely N-dealkylation sites (tertiary alicyclic amines) is 1. The fraction of sp³-hybridized carbons (Fsp3) is 0.556. The Morgan fingerprint density at radius 2 is 2.07 bits per heavy atom. The number of aliphatic hydroxyl groups is 1. The number of non-ortho nitro benzene ring substituents is 1. The highest BCUT2D eigenvalue weighted by Gasteiger charge is 2.28. The smallest absolute Gasteiger partial charge is 0.341 e. The molecule has 27 heavy (non-hydrogen) atoms. The summed E-state index contributed by atoms with van der Waals surface area (Å²) in [6, 6.07) is 3.73. The molecule has 0 aromatic heterocycles. The second-order valence-corrected chi connectivity index (χ2v) is 6.69. The fourth-order valence-corrected chi connectivity index (χ4v) is 2.92. The van der Waals surface area contributed by atoms with Gasteiger partial charge in [0.25, 0.3) is 11.6 Å². The molecule has 0 spiro atoms. The summed E-state index contributed by atoms with van der Waals surface area (Å²) in [4.78, 5) is 37.1. The highest BCUT2D eigenvalue weighted by atomic mass is 16.6. The van der Waals surface area contributed by atoms with Gasteiger partial charge in [0, 0.05) is 37.5 Å². The Kier molecular flexibility index (Phi) is 7.12. The van der Waals surface area contributed by atoms with Crippen LogP contribution in [0.15, 0.2) is 18.2 Å². The summed E-state index contributed by atoms with van der Waals surface area (Å²) in [5.41, 5.74) is -0.0174. The molecule has 148 valence electrons. The van der Waals surface area contributed by atoms with Crippen molar-refractivity contribution in [1.82, 2.24) is 4.90 Å². The molecular weight excluding hydrogens is 354 g/mol. The van der Waals surface area contributed by atoms with E-state index in [4.69, 9.17) is 9.84 Å². The summed E-state index contributed by atoms with van der Waals surface area (Å²) in [6.07, 6.45) is 0.829. The van der Waals surface area contributed by atoms with Crippen LogP contribution in [0.3, 0.4) is 0 Å². The van der Waals surface area contributed by atoms with Gasteiger partial charge in [-0.2, -0.15) is 0 Å². The summed E-state index contributed by atoms with van der Waals surface area (Å²) in [6.45, 7) is 4.88. The summed E-state index contributed by atoms with van der Waals surface area (Å²) >= 11 is 0. The van der Waals surface area contributed by atoms with Crippen LogP contribution >= 0.6 is 0 Å². The molecule has 0 bridgehead atoms. The number of nitro groups is 1. The van der Waals surface area contributed by atoms with Gasteiger partial charge >= 0.3 is 5.97 Å². The SMILES string of the molecule is CC1CCN(C(=O)[C@H](C)OC(=O)c2cc([N+](=O)[O-])ccc2NCCO)CC1. The van der Waals surface area contributed by atoms with Crippen molar-refractivity contribution in [3.63, 3.8) is 0 Å². The highest BCUT2D eigenvalue weighted by Crippen LogP contribution is 2.24. The highest BCUT2D eigenvalue weighted by molar-refractivity contribution is 5.98. The van der Waals surface area contributed by atoms with E-state index >= 15 is 0 Å². The van der Waals surface area contributed by atoms with E-state index in [-0.39, 0.29) is 30.3 Å². The van der Waals surface area contributed by atoms with Gasteiger partial charge in [-0.05, 0) is 31.7 Å². The summed E-state index contributed by atoms with van der Waals surface area (Å²) in [5.74, 6) is -0.534. The lowest BCUT2D eigenvalue weighted by Crippen LogP contribution is -2.44. The molecule has 2 rings (SSSR count). The molecule has 1 atom stereocenters. The largest absolute Gasteiger partial charge is 0.449 e. The molecule has 2 N–H and O–H groups in total. The Hall–Kier alpha value is -2.68. The van der Waals surface area contributed by atoms with Gasteiger partial charge in [0.1, 0.15) is 0 Å². The molecule has 0 radical (unpaired) electrons. The molecule has 1 saturated heterocycles. The van der Waals surface area contributed by atoms with Crippen LogP contribution < -0.4 is 5.32 Å². The number of carbonyl (C=O) groups is 2. The zero-order valence-corrected chi connectivity index (χ0v) is 15.5. The lowest BCUT2D eigenvalue weighted by molar-refractivity contribution is -0.384. The van der Waals surface area contributed by atoms with Crippen molar-refractivity contribution in [1.29, 1.82) is 0 Å². The number of piperidine rings is 1. The van der Waals surface area contributed by atoms with Crippen molar-refractivity contribution < 1.29 is 24.4 Å². The average molecular weight is 379 g/mol. The molecule has 1 heterocycles. The minimum atomic E-state index is -0.990. The van der Waals surface area contributed by atoms with Crippen molar-refractivity contribution >= 4 is 23.3 Å². The second-order valence-electron chi connectivity index (χ2n) is 6.69. The van der Waals surface area contributed by atoms with E-state index in [9.17, 15) is 19.7 Å². The Bertz CT molecular complexity index is 700. The van der Waals surface area contributed by atoms with Crippen molar-refractivity contribution in [2.45, 2.75) is 32.8 Å². The molecule has 1 aliphatic rings. The fourth-order valence-electron chi connectivity index (χ4n) is 2.92. The van der Waals surface area contributed by atoms with Gasteiger partial charge in [-0.25, -0.2) is 4.79 Å². The number of nitro benzene ring substituents is 1. The molecule has 0 aliphatic carbocycles. The number of esters is 1. The number of hydrogen-bond acceptors (Lipinski definition) is 7. The van der Waals surface area contributed by atoms with Crippen LogP contribution in [-0.4, -0.2) is 59.2 Å². The van der Waals surface area contributed by atoms with Crippen LogP contribution in [0.4, 0.5) is 11.4 Å². The first-order valence-corrected chi connectivity index (χ1v) is 8.96. The van der Waals surface area contributed by atoms with Crippen molar-refractivity contribution in [3.05, 3.63) is 33.9 Å². The van der Waals surface area contributed by atoms with Crippen LogP contribution in [0, 0.1) is 16.0 Å². The van der Waals surface area contributed by atoms with Crippen molar-refractivity contribution in [3.8, 4) is 0 Å². The molecule has 0 unspecified atom stereocenters. The lowest BCUT2D eigenvalue weighted by atomic mass is 9.99. The quantitative estimate of drug-likeness (QED) is 0.421. The van der Waals surface area contributed by atoms with E-state index in [1.54, 1.807) is 4.90 Å². The summed E-state index contributed by atoms with van der Waals surface area (Å²) < 4.78 is 5.28. The predicted octanol–water partition coefficient (Wildman–Crippen LogP) is 1.80. The number of nitrogens with one attached hydrogen (secondary N) is 1. The first-order valence-electron chi connectivity index (χ1n) is 8.96. The number of anilines is 1. The van der Waals surface area contributed by atoms with E-state index in [2.05, 4.69) is 12.2 Å². The predicted molar refractivity (Wildman–Crippen MR) is 98.5 cm³/mol. The van der Waals surface area contributed by atoms with Crippen LogP contribution in [-0.2, 0) is 9.53 Å². The number of carbonyl (C=O) groups excluding carboxylic acids is 2. The molecule has 1 aliphatic heterocycles. The second kappa shape index (κ2) is 9.31. The average Bonchev–Trinajstić information content (AvgIpc) is 2.66. The zero-order chi connectivity index (χ0) is 20.0. The maximum absolute atomic E-state index is 12.5. The third kappa shape index (κ3) is 5.40. The first-order chi connectivity index (χ1) is 12.8. The maximum Gasteiger partial charge on any atom is 0.341 e. The Morgan fingerprint density at radius 1 is 1.41 bits per heavy atom. The number of ether oxygens (including phenoxy) is 1. The minimum Gasteiger partial charge on any atom is -0.449 e. The Morgan fingerprint density at radius 3 is 2.67 bits per heavy atom. The van der Waals surface area contributed by atoms with Crippen LogP contribution in [0.1, 0.15) is 37.0 Å². The van der Waals surface area contributed by atoms with Gasteiger partial charge in [0.2, 0.25) is 0 Å². The van der Waals surface area contributed by atoms with Crippen molar-refractivity contribution in [2.75, 3.05) is 31.6 Å². The van der Waals surface area contributed by atoms with Crippen molar-refractivity contribution in [2.24, 2.45) is 5.92 Å². The minimum absolute atomic E-state index is 0.0513. The van der Waals surface area contributed by atoms with Gasteiger partial charge < -0.3 is 20.1 Å². The Balaban J connectivity index is 2.11. The number of rotatable bonds is 7. The van der Waals surface area contributed by atoms with E-state index in [0.29, 0.717) is 24.7 Å². The normalized spacial score (nSPS) is 15.9. The van der Waals surface area contributed by atoms with E-state index < -0.39 is 17.0 Å². The van der Waals surface area contributed by atoms with Crippen LogP contribution in [0.2, 0.25) is 0 Å². The molecule has 1 amide bonds.